The predicted octanol–water partition coefficient (Wildman–Crippen LogP) is 3.31. The zero-order valence-electron chi connectivity index (χ0n) is 11.0. The van der Waals surface area contributed by atoms with E-state index in [0.717, 1.165) is 34.9 Å². The molecule has 6 heteroatoms. The second-order valence-electron chi connectivity index (χ2n) is 4.89. The highest BCUT2D eigenvalue weighted by Crippen LogP contribution is 2.37. The van der Waals surface area contributed by atoms with Crippen LogP contribution in [0.2, 0.25) is 4.34 Å². The van der Waals surface area contributed by atoms with Gasteiger partial charge in [0.1, 0.15) is 5.69 Å². The van der Waals surface area contributed by atoms with Crippen LogP contribution < -0.4 is 5.32 Å². The molecule has 0 aliphatic heterocycles. The lowest BCUT2D eigenvalue weighted by Gasteiger charge is -2.23. The normalized spacial score (nSPS) is 17.6. The fraction of sp³-hybridized carbons (Fsp3) is 0.357. The summed E-state index contributed by atoms with van der Waals surface area (Å²) in [6, 6.07) is 1.99. The van der Waals surface area contributed by atoms with Crippen LogP contribution in [0.4, 0.5) is 0 Å². The molecule has 1 aliphatic carbocycles. The van der Waals surface area contributed by atoms with Gasteiger partial charge in [-0.1, -0.05) is 11.6 Å². The topological polar surface area (TPSA) is 54.9 Å². The van der Waals surface area contributed by atoms with Gasteiger partial charge in [0.05, 0.1) is 22.3 Å². The second-order valence-corrected chi connectivity index (χ2v) is 6.66. The quantitative estimate of drug-likeness (QED) is 0.926. The van der Waals surface area contributed by atoms with E-state index in [-0.39, 0.29) is 11.9 Å². The summed E-state index contributed by atoms with van der Waals surface area (Å²) >= 11 is 7.68. The van der Waals surface area contributed by atoms with Crippen LogP contribution in [0.3, 0.4) is 0 Å². The van der Waals surface area contributed by atoms with Crippen molar-refractivity contribution in [2.24, 2.45) is 0 Å². The number of carbonyl (C=O) groups excluding carboxylic acids is 1. The lowest BCUT2D eigenvalue weighted by atomic mass is 9.94. The highest BCUT2D eigenvalue weighted by molar-refractivity contribution is 7.16. The third-order valence-electron chi connectivity index (χ3n) is 3.40. The van der Waals surface area contributed by atoms with Gasteiger partial charge in [-0.3, -0.25) is 9.78 Å². The molecule has 1 amide bonds. The Balaban J connectivity index is 1.78. The van der Waals surface area contributed by atoms with Crippen molar-refractivity contribution in [1.29, 1.82) is 0 Å². The number of amides is 1. The number of aryl methyl sites for hydroxylation is 2. The molecule has 4 nitrogen and oxygen atoms in total. The first kappa shape index (κ1) is 13.5. The van der Waals surface area contributed by atoms with Crippen molar-refractivity contribution in [3.8, 4) is 0 Å². The molecule has 0 saturated heterocycles. The molecular formula is C14H14ClN3OS. The van der Waals surface area contributed by atoms with Crippen molar-refractivity contribution in [3.05, 3.63) is 44.6 Å². The van der Waals surface area contributed by atoms with Crippen molar-refractivity contribution < 1.29 is 4.79 Å². The molecule has 1 N–H and O–H groups in total. The van der Waals surface area contributed by atoms with E-state index < -0.39 is 0 Å². The minimum absolute atomic E-state index is 0.0260. The van der Waals surface area contributed by atoms with Crippen LogP contribution in [0.25, 0.3) is 0 Å². The Morgan fingerprint density at radius 1 is 1.45 bits per heavy atom. The molecule has 3 rings (SSSR count). The van der Waals surface area contributed by atoms with Gasteiger partial charge in [-0.15, -0.1) is 11.3 Å². The zero-order chi connectivity index (χ0) is 14.1. The molecule has 0 aromatic carbocycles. The van der Waals surface area contributed by atoms with E-state index in [4.69, 9.17) is 11.6 Å². The molecular weight excluding hydrogens is 294 g/mol. The molecule has 104 valence electrons. The van der Waals surface area contributed by atoms with Crippen molar-refractivity contribution in [2.75, 3.05) is 0 Å². The maximum Gasteiger partial charge on any atom is 0.271 e. The number of rotatable bonds is 2. The van der Waals surface area contributed by atoms with Crippen molar-refractivity contribution in [3.63, 3.8) is 0 Å². The van der Waals surface area contributed by atoms with Crippen molar-refractivity contribution in [1.82, 2.24) is 15.3 Å². The first-order chi connectivity index (χ1) is 9.63. The van der Waals surface area contributed by atoms with Gasteiger partial charge >= 0.3 is 0 Å². The van der Waals surface area contributed by atoms with E-state index in [1.54, 1.807) is 17.5 Å². The van der Waals surface area contributed by atoms with Crippen LogP contribution >= 0.6 is 22.9 Å². The average Bonchev–Trinajstić information content (AvgIpc) is 2.81. The van der Waals surface area contributed by atoms with E-state index >= 15 is 0 Å². The minimum atomic E-state index is -0.183. The van der Waals surface area contributed by atoms with Crippen LogP contribution in [0.5, 0.6) is 0 Å². The highest BCUT2D eigenvalue weighted by atomic mass is 35.5. The number of carbonyl (C=O) groups is 1. The summed E-state index contributed by atoms with van der Waals surface area (Å²) in [5, 5.41) is 3.03. The number of thiophene rings is 1. The summed E-state index contributed by atoms with van der Waals surface area (Å²) in [4.78, 5) is 21.7. The maximum atomic E-state index is 12.2. The minimum Gasteiger partial charge on any atom is -0.344 e. The predicted molar refractivity (Wildman–Crippen MR) is 79.2 cm³/mol. The second kappa shape index (κ2) is 5.50. The van der Waals surface area contributed by atoms with E-state index in [9.17, 15) is 4.79 Å². The number of nitrogens with one attached hydrogen (secondary N) is 1. The maximum absolute atomic E-state index is 12.2. The lowest BCUT2D eigenvalue weighted by Crippen LogP contribution is -2.31. The van der Waals surface area contributed by atoms with Crippen molar-refractivity contribution >= 4 is 28.8 Å². The smallest absolute Gasteiger partial charge is 0.271 e. The number of nitrogens with zero attached hydrogens (tertiary/aromatic N) is 2. The summed E-state index contributed by atoms with van der Waals surface area (Å²) < 4.78 is 0.784. The molecule has 0 spiro atoms. The fourth-order valence-corrected chi connectivity index (χ4v) is 3.80. The number of hydrogen-bond donors (Lipinski definition) is 1. The Labute approximate surface area is 126 Å². The van der Waals surface area contributed by atoms with E-state index in [0.29, 0.717) is 5.69 Å². The standard InChI is InChI=1S/C14H14ClN3OS/c1-8-6-17-11(7-16-8)14(19)18-10-3-2-4-12-9(10)5-13(15)20-12/h5-7,10H,2-4H2,1H3,(H,18,19). The van der Waals surface area contributed by atoms with Gasteiger partial charge in [0.25, 0.3) is 5.91 Å². The third kappa shape index (κ3) is 2.69. The molecule has 0 fully saturated rings. The molecule has 2 aromatic heterocycles. The first-order valence-electron chi connectivity index (χ1n) is 6.51. The van der Waals surface area contributed by atoms with Gasteiger partial charge in [0.2, 0.25) is 0 Å². The summed E-state index contributed by atoms with van der Waals surface area (Å²) in [5.41, 5.74) is 2.30. The van der Waals surface area contributed by atoms with E-state index in [1.165, 1.54) is 11.1 Å². The van der Waals surface area contributed by atoms with E-state index in [2.05, 4.69) is 15.3 Å². The third-order valence-corrected chi connectivity index (χ3v) is 4.74. The molecule has 1 unspecified atom stereocenters. The van der Waals surface area contributed by atoms with Crippen LogP contribution in [0, 0.1) is 6.92 Å². The van der Waals surface area contributed by atoms with Gasteiger partial charge in [-0.05, 0) is 37.8 Å². The average molecular weight is 308 g/mol. The lowest BCUT2D eigenvalue weighted by molar-refractivity contribution is 0.0927. The zero-order valence-corrected chi connectivity index (χ0v) is 12.6. The Morgan fingerprint density at radius 2 is 2.30 bits per heavy atom. The monoisotopic (exact) mass is 307 g/mol. The Kier molecular flexibility index (Phi) is 3.72. The molecule has 0 radical (unpaired) electrons. The van der Waals surface area contributed by atoms with Gasteiger partial charge in [-0.25, -0.2) is 4.98 Å². The first-order valence-corrected chi connectivity index (χ1v) is 7.70. The Hall–Kier alpha value is -1.46. The largest absolute Gasteiger partial charge is 0.344 e. The van der Waals surface area contributed by atoms with Crippen molar-refractivity contribution in [2.45, 2.75) is 32.2 Å². The van der Waals surface area contributed by atoms with Crippen LogP contribution in [-0.2, 0) is 6.42 Å². The SMILES string of the molecule is Cc1cnc(C(=O)NC2CCCc3sc(Cl)cc32)cn1. The van der Waals surface area contributed by atoms with Gasteiger partial charge in [0, 0.05) is 11.1 Å². The van der Waals surface area contributed by atoms with Gasteiger partial charge < -0.3 is 5.32 Å². The number of halogens is 1. The summed E-state index contributed by atoms with van der Waals surface area (Å²) in [5.74, 6) is -0.183. The van der Waals surface area contributed by atoms with Gasteiger partial charge in [0.15, 0.2) is 0 Å². The molecule has 2 heterocycles. The summed E-state index contributed by atoms with van der Waals surface area (Å²) in [7, 11) is 0. The van der Waals surface area contributed by atoms with Crippen LogP contribution in [0.1, 0.15) is 45.5 Å². The van der Waals surface area contributed by atoms with Gasteiger partial charge in [-0.2, -0.15) is 0 Å². The van der Waals surface area contributed by atoms with Crippen LogP contribution in [-0.4, -0.2) is 15.9 Å². The molecule has 20 heavy (non-hydrogen) atoms. The van der Waals surface area contributed by atoms with Crippen LogP contribution in [0.15, 0.2) is 18.5 Å². The number of fused-ring (bicyclic) bond motifs is 1. The Morgan fingerprint density at radius 3 is 3.05 bits per heavy atom. The molecule has 1 aliphatic rings. The number of aromatic nitrogens is 2. The Bertz CT molecular complexity index is 638. The molecule has 0 saturated carbocycles. The molecule has 2 aromatic rings. The summed E-state index contributed by atoms with van der Waals surface area (Å²) in [6.07, 6.45) is 6.15. The summed E-state index contributed by atoms with van der Waals surface area (Å²) in [6.45, 7) is 1.84. The number of hydrogen-bond acceptors (Lipinski definition) is 4. The molecule has 0 bridgehead atoms. The molecule has 1 atom stereocenters. The highest BCUT2D eigenvalue weighted by Gasteiger charge is 2.24. The fourth-order valence-electron chi connectivity index (χ4n) is 2.41. The van der Waals surface area contributed by atoms with E-state index in [1.807, 2.05) is 13.0 Å².